The minimum Gasteiger partial charge on any atom is -0.366 e. The maximum atomic E-state index is 12.8. The quantitative estimate of drug-likeness (QED) is 0.326. The molecule has 1 aliphatic carbocycles. The highest BCUT2D eigenvalue weighted by molar-refractivity contribution is 7.99. The zero-order valence-electron chi connectivity index (χ0n) is 14.4. The number of ether oxygens (including phenoxy) is 1. The van der Waals surface area contributed by atoms with Crippen LogP contribution in [0.3, 0.4) is 0 Å². The molecule has 4 rings (SSSR count). The van der Waals surface area contributed by atoms with E-state index in [1.165, 1.54) is 6.20 Å². The van der Waals surface area contributed by atoms with E-state index in [1.54, 1.807) is 18.9 Å². The molecule has 2 aromatic carbocycles. The predicted octanol–water partition coefficient (Wildman–Crippen LogP) is 5.22. The summed E-state index contributed by atoms with van der Waals surface area (Å²) in [5.74, 6) is 1.05. The molecule has 26 heavy (non-hydrogen) atoms. The molecule has 0 radical (unpaired) electrons. The summed E-state index contributed by atoms with van der Waals surface area (Å²) < 4.78 is 10.9. The number of nitrogens with zero attached hydrogens (tertiary/aromatic N) is 1. The third kappa shape index (κ3) is 3.59. The molecule has 1 heterocycles. The van der Waals surface area contributed by atoms with Crippen molar-refractivity contribution in [2.75, 3.05) is 7.11 Å². The number of thioether (sulfide) groups is 1. The fourth-order valence-electron chi connectivity index (χ4n) is 2.88. The second kappa shape index (κ2) is 7.48. The maximum Gasteiger partial charge on any atom is 0.198 e. The lowest BCUT2D eigenvalue weighted by atomic mass is 10.0. The van der Waals surface area contributed by atoms with Gasteiger partial charge in [0.2, 0.25) is 0 Å². The molecule has 1 aromatic heterocycles. The van der Waals surface area contributed by atoms with Gasteiger partial charge in [-0.05, 0) is 30.5 Å². The summed E-state index contributed by atoms with van der Waals surface area (Å²) >= 11 is 1.64. The largest absolute Gasteiger partial charge is 0.366 e. The smallest absolute Gasteiger partial charge is 0.198 e. The van der Waals surface area contributed by atoms with Crippen LogP contribution in [-0.4, -0.2) is 18.0 Å². The normalized spacial score (nSPS) is 15.0. The Kier molecular flexibility index (Phi) is 4.91. The number of hydrogen-bond donors (Lipinski definition) is 0. The molecule has 0 spiro atoms. The highest BCUT2D eigenvalue weighted by Gasteiger charge is 2.32. The van der Waals surface area contributed by atoms with Crippen molar-refractivity contribution in [3.63, 3.8) is 0 Å². The molecular formula is C21H19NO3S. The highest BCUT2D eigenvalue weighted by Crippen LogP contribution is 2.42. The fourth-order valence-corrected chi connectivity index (χ4v) is 3.83. The fraction of sp³-hybridized carbons (Fsp3) is 0.238. The number of methoxy groups -OCH3 is 1. The molecule has 0 bridgehead atoms. The van der Waals surface area contributed by atoms with Crippen LogP contribution in [0.4, 0.5) is 0 Å². The molecule has 1 unspecified atom stereocenters. The van der Waals surface area contributed by atoms with Gasteiger partial charge in [0.1, 0.15) is 5.44 Å². The van der Waals surface area contributed by atoms with Gasteiger partial charge < -0.3 is 9.26 Å². The van der Waals surface area contributed by atoms with Gasteiger partial charge in [0.25, 0.3) is 0 Å². The Morgan fingerprint density at radius 3 is 2.54 bits per heavy atom. The van der Waals surface area contributed by atoms with E-state index in [9.17, 15) is 4.79 Å². The van der Waals surface area contributed by atoms with E-state index < -0.39 is 0 Å². The van der Waals surface area contributed by atoms with Crippen molar-refractivity contribution < 1.29 is 14.1 Å². The molecule has 0 N–H and O–H groups in total. The van der Waals surface area contributed by atoms with Crippen LogP contribution >= 0.6 is 11.8 Å². The van der Waals surface area contributed by atoms with Crippen molar-refractivity contribution in [1.82, 2.24) is 5.16 Å². The second-order valence-corrected chi connectivity index (χ2v) is 7.46. The average Bonchev–Trinajstić information content (AvgIpc) is 3.43. The molecular weight excluding hydrogens is 346 g/mol. The Balaban J connectivity index is 1.52. The lowest BCUT2D eigenvalue weighted by Crippen LogP contribution is -2.04. The second-order valence-electron chi connectivity index (χ2n) is 6.33. The third-order valence-electron chi connectivity index (χ3n) is 4.44. The minimum atomic E-state index is -0.126. The van der Waals surface area contributed by atoms with Crippen molar-refractivity contribution in [1.29, 1.82) is 0 Å². The van der Waals surface area contributed by atoms with Crippen LogP contribution in [0, 0.1) is 0 Å². The summed E-state index contributed by atoms with van der Waals surface area (Å²) in [5, 5.41) is 3.82. The Morgan fingerprint density at radius 1 is 1.15 bits per heavy atom. The van der Waals surface area contributed by atoms with Gasteiger partial charge in [0.15, 0.2) is 11.5 Å². The van der Waals surface area contributed by atoms with Gasteiger partial charge in [-0.2, -0.15) is 0 Å². The van der Waals surface area contributed by atoms with Crippen molar-refractivity contribution in [3.8, 4) is 0 Å². The van der Waals surface area contributed by atoms with E-state index in [0.717, 1.165) is 29.1 Å². The molecule has 132 valence electrons. The Morgan fingerprint density at radius 2 is 1.88 bits per heavy atom. The molecule has 0 saturated heterocycles. The molecule has 1 fully saturated rings. The van der Waals surface area contributed by atoms with E-state index in [4.69, 9.17) is 9.26 Å². The number of ketones is 1. The van der Waals surface area contributed by atoms with Crippen LogP contribution in [0.15, 0.2) is 70.2 Å². The van der Waals surface area contributed by atoms with E-state index >= 15 is 0 Å². The number of rotatable bonds is 7. The Hall–Kier alpha value is -2.37. The van der Waals surface area contributed by atoms with Gasteiger partial charge in [0, 0.05) is 23.5 Å². The summed E-state index contributed by atoms with van der Waals surface area (Å²) in [5.41, 5.74) is 2.12. The number of carbonyl (C=O) groups is 1. The first kappa shape index (κ1) is 17.1. The lowest BCUT2D eigenvalue weighted by molar-refractivity contribution is 0.103. The van der Waals surface area contributed by atoms with E-state index in [-0.39, 0.29) is 11.2 Å². The Bertz CT molecular complexity index is 885. The molecule has 1 saturated carbocycles. The molecule has 1 atom stereocenters. The number of hydrogen-bond acceptors (Lipinski definition) is 5. The number of benzene rings is 2. The first-order valence-corrected chi connectivity index (χ1v) is 9.48. The number of aromatic nitrogens is 1. The van der Waals surface area contributed by atoms with E-state index in [1.807, 2.05) is 42.5 Å². The van der Waals surface area contributed by atoms with Crippen LogP contribution in [0.2, 0.25) is 0 Å². The van der Waals surface area contributed by atoms with Crippen molar-refractivity contribution in [2.45, 2.75) is 29.1 Å². The van der Waals surface area contributed by atoms with E-state index in [0.29, 0.717) is 17.0 Å². The van der Waals surface area contributed by atoms with Gasteiger partial charge in [-0.15, -0.1) is 0 Å². The van der Waals surface area contributed by atoms with Gasteiger partial charge in [-0.1, -0.05) is 59.4 Å². The first-order chi connectivity index (χ1) is 12.8. The van der Waals surface area contributed by atoms with Crippen LogP contribution < -0.4 is 0 Å². The SMILES string of the molecule is COC(Sc1ccccc1)c1ccc(C(=O)c2cnoc2C2CC2)cc1. The predicted molar refractivity (Wildman–Crippen MR) is 100 cm³/mol. The van der Waals surface area contributed by atoms with E-state index in [2.05, 4.69) is 17.3 Å². The van der Waals surface area contributed by atoms with Crippen LogP contribution in [-0.2, 0) is 4.74 Å². The molecule has 3 aromatic rings. The minimum absolute atomic E-state index is 0.0376. The maximum absolute atomic E-state index is 12.8. The zero-order chi connectivity index (χ0) is 17.9. The number of carbonyl (C=O) groups excluding carboxylic acids is 1. The summed E-state index contributed by atoms with van der Waals surface area (Å²) in [6, 6.07) is 17.7. The van der Waals surface area contributed by atoms with Gasteiger partial charge in [-0.3, -0.25) is 4.79 Å². The van der Waals surface area contributed by atoms with Crippen molar-refractivity contribution in [3.05, 3.63) is 83.2 Å². The molecule has 5 heteroatoms. The molecule has 0 aliphatic heterocycles. The Labute approximate surface area is 156 Å². The lowest BCUT2D eigenvalue weighted by Gasteiger charge is -2.15. The zero-order valence-corrected chi connectivity index (χ0v) is 15.2. The molecule has 1 aliphatic rings. The first-order valence-electron chi connectivity index (χ1n) is 8.60. The van der Waals surface area contributed by atoms with Crippen LogP contribution in [0.5, 0.6) is 0 Å². The molecule has 4 nitrogen and oxygen atoms in total. The standard InChI is InChI=1S/C21H19NO3S/c1-24-21(26-17-5-3-2-4-6-17)16-11-7-14(8-12-16)19(23)18-13-22-25-20(18)15-9-10-15/h2-8,11-13,15,21H,9-10H2,1H3. The average molecular weight is 365 g/mol. The summed E-state index contributed by atoms with van der Waals surface area (Å²) in [4.78, 5) is 13.9. The summed E-state index contributed by atoms with van der Waals surface area (Å²) in [6.07, 6.45) is 3.67. The topological polar surface area (TPSA) is 52.3 Å². The molecule has 0 amide bonds. The van der Waals surface area contributed by atoms with Crippen LogP contribution in [0.1, 0.15) is 51.4 Å². The summed E-state index contributed by atoms with van der Waals surface area (Å²) in [6.45, 7) is 0. The van der Waals surface area contributed by atoms with Crippen molar-refractivity contribution in [2.24, 2.45) is 0 Å². The highest BCUT2D eigenvalue weighted by atomic mass is 32.2. The van der Waals surface area contributed by atoms with Crippen LogP contribution in [0.25, 0.3) is 0 Å². The van der Waals surface area contributed by atoms with Gasteiger partial charge in [0.05, 0.1) is 11.8 Å². The van der Waals surface area contributed by atoms with Gasteiger partial charge in [-0.25, -0.2) is 0 Å². The monoisotopic (exact) mass is 365 g/mol. The van der Waals surface area contributed by atoms with Gasteiger partial charge >= 0.3 is 0 Å². The summed E-state index contributed by atoms with van der Waals surface area (Å²) in [7, 11) is 1.69. The third-order valence-corrected chi connectivity index (χ3v) is 5.66. The van der Waals surface area contributed by atoms with Crippen molar-refractivity contribution >= 4 is 17.5 Å².